The third-order valence-corrected chi connectivity index (χ3v) is 1.21. The monoisotopic (exact) mass is 175 g/mol. The molecule has 0 saturated heterocycles. The van der Waals surface area contributed by atoms with Gasteiger partial charge in [-0.1, -0.05) is 25.7 Å². The largest absolute Gasteiger partial charge is 0.483 e. The van der Waals surface area contributed by atoms with Crippen LogP contribution in [0, 0.1) is 0 Å². The fraction of sp³-hybridized carbons (Fsp3) is 0.750. The summed E-state index contributed by atoms with van der Waals surface area (Å²) in [6.45, 7) is -0.250. The first kappa shape index (κ1) is 13.5. The lowest BCUT2D eigenvalue weighted by atomic mass is 10.0. The third-order valence-electron chi connectivity index (χ3n) is 1.21. The summed E-state index contributed by atoms with van der Waals surface area (Å²) in [6, 6.07) is 0. The first-order chi connectivity index (χ1) is 5.68. The van der Waals surface area contributed by atoms with E-state index < -0.39 is 0 Å². The van der Waals surface area contributed by atoms with Gasteiger partial charge in [0.2, 0.25) is 6.41 Å². The Bertz CT molecular complexity index is 96.5. The first-order valence-corrected chi connectivity index (χ1v) is 3.88. The van der Waals surface area contributed by atoms with Gasteiger partial charge in [0.25, 0.3) is 6.47 Å². The maximum atomic E-state index is 9.43. The van der Waals surface area contributed by atoms with Crippen molar-refractivity contribution in [2.45, 2.75) is 25.7 Å². The third kappa shape index (κ3) is 23.1. The minimum atomic E-state index is -0.250. The van der Waals surface area contributed by atoms with Gasteiger partial charge in [-0.2, -0.15) is 0 Å². The highest BCUT2D eigenvalue weighted by Crippen LogP contribution is 2.15. The predicted octanol–water partition coefficient (Wildman–Crippen LogP) is 0.966. The van der Waals surface area contributed by atoms with Crippen molar-refractivity contribution >= 4 is 12.9 Å². The van der Waals surface area contributed by atoms with Crippen LogP contribution >= 0.6 is 0 Å². The fourth-order valence-electron chi connectivity index (χ4n) is 0.250. The molecule has 0 aromatic rings. The highest BCUT2D eigenvalue weighted by molar-refractivity contribution is 5.45. The molecule has 0 aromatic carbocycles. The molecule has 0 aliphatic heterocycles. The molecule has 4 nitrogen and oxygen atoms in total. The molecule has 1 rings (SSSR count). The van der Waals surface area contributed by atoms with Crippen LogP contribution in [0.2, 0.25) is 0 Å². The average molecular weight is 175 g/mol. The molecule has 72 valence electrons. The van der Waals surface area contributed by atoms with E-state index in [1.807, 2.05) is 0 Å². The van der Waals surface area contributed by atoms with Gasteiger partial charge in [0.05, 0.1) is 0 Å². The van der Waals surface area contributed by atoms with Gasteiger partial charge in [0.15, 0.2) is 0 Å². The smallest absolute Gasteiger partial charge is 0.290 e. The van der Waals surface area contributed by atoms with Crippen LogP contribution in [0.25, 0.3) is 0 Å². The van der Waals surface area contributed by atoms with Crippen LogP contribution in [-0.4, -0.2) is 37.0 Å². The van der Waals surface area contributed by atoms with Crippen molar-refractivity contribution < 1.29 is 14.7 Å². The van der Waals surface area contributed by atoms with Gasteiger partial charge < -0.3 is 10.0 Å². The molecule has 0 radical (unpaired) electrons. The van der Waals surface area contributed by atoms with Gasteiger partial charge in [-0.05, 0) is 0 Å². The molecule has 0 bridgehead atoms. The average Bonchev–Trinajstić information content (AvgIpc) is 1.85. The van der Waals surface area contributed by atoms with E-state index in [1.165, 1.54) is 30.6 Å². The summed E-state index contributed by atoms with van der Waals surface area (Å²) >= 11 is 0. The molecule has 1 fully saturated rings. The lowest BCUT2D eigenvalue weighted by Crippen LogP contribution is -2.06. The van der Waals surface area contributed by atoms with E-state index >= 15 is 0 Å². The van der Waals surface area contributed by atoms with Crippen LogP contribution in [0.1, 0.15) is 25.7 Å². The fourth-order valence-corrected chi connectivity index (χ4v) is 0.250. The highest BCUT2D eigenvalue weighted by Gasteiger charge is 1.95. The predicted molar refractivity (Wildman–Crippen MR) is 46.9 cm³/mol. The van der Waals surface area contributed by atoms with Crippen LogP contribution < -0.4 is 0 Å². The van der Waals surface area contributed by atoms with Crippen LogP contribution in [-0.2, 0) is 9.59 Å². The Labute approximate surface area is 73.2 Å². The second-order valence-corrected chi connectivity index (χ2v) is 2.59. The maximum Gasteiger partial charge on any atom is 0.290 e. The molecule has 1 amide bonds. The van der Waals surface area contributed by atoms with Crippen molar-refractivity contribution in [1.82, 2.24) is 4.90 Å². The van der Waals surface area contributed by atoms with Crippen molar-refractivity contribution in [1.29, 1.82) is 0 Å². The van der Waals surface area contributed by atoms with Gasteiger partial charge >= 0.3 is 0 Å². The minimum Gasteiger partial charge on any atom is -0.483 e. The Morgan fingerprint density at radius 3 is 1.25 bits per heavy atom. The zero-order valence-corrected chi connectivity index (χ0v) is 7.69. The number of carbonyl (C=O) groups is 2. The molecule has 0 atom stereocenters. The Hall–Kier alpha value is -1.06. The molecule has 0 aromatic heterocycles. The van der Waals surface area contributed by atoms with E-state index in [1.54, 1.807) is 14.1 Å². The van der Waals surface area contributed by atoms with Crippen LogP contribution in [0.5, 0.6) is 0 Å². The topological polar surface area (TPSA) is 57.6 Å². The van der Waals surface area contributed by atoms with Crippen LogP contribution in [0.15, 0.2) is 0 Å². The molecular formula is C8H17NO3. The first-order valence-electron chi connectivity index (χ1n) is 3.88. The van der Waals surface area contributed by atoms with Crippen molar-refractivity contribution in [2.24, 2.45) is 0 Å². The van der Waals surface area contributed by atoms with Gasteiger partial charge in [0.1, 0.15) is 0 Å². The van der Waals surface area contributed by atoms with Gasteiger partial charge in [-0.25, -0.2) is 0 Å². The normalized spacial score (nSPS) is 11.8. The van der Waals surface area contributed by atoms with Gasteiger partial charge in [-0.3, -0.25) is 9.59 Å². The quantitative estimate of drug-likeness (QED) is 0.604. The van der Waals surface area contributed by atoms with E-state index in [4.69, 9.17) is 9.90 Å². The summed E-state index contributed by atoms with van der Waals surface area (Å²) in [5.74, 6) is 0. The maximum absolute atomic E-state index is 9.43. The Morgan fingerprint density at radius 2 is 1.25 bits per heavy atom. The lowest BCUT2D eigenvalue weighted by Gasteiger charge is -2.05. The summed E-state index contributed by atoms with van der Waals surface area (Å²) < 4.78 is 0. The molecular weight excluding hydrogens is 158 g/mol. The minimum absolute atomic E-state index is 0.250. The summed E-state index contributed by atoms with van der Waals surface area (Å²) in [4.78, 5) is 19.2. The number of rotatable bonds is 1. The number of hydrogen-bond donors (Lipinski definition) is 1. The molecule has 1 N–H and O–H groups in total. The Balaban J connectivity index is 0. The molecule has 1 saturated carbocycles. The second-order valence-electron chi connectivity index (χ2n) is 2.59. The summed E-state index contributed by atoms with van der Waals surface area (Å²) in [5, 5.41) is 6.89. The van der Waals surface area contributed by atoms with Crippen LogP contribution in [0.4, 0.5) is 0 Å². The van der Waals surface area contributed by atoms with Crippen LogP contribution in [0.3, 0.4) is 0 Å². The summed E-state index contributed by atoms with van der Waals surface area (Å²) in [6.07, 6.45) is 6.75. The van der Waals surface area contributed by atoms with Crippen molar-refractivity contribution in [3.63, 3.8) is 0 Å². The van der Waals surface area contributed by atoms with Gasteiger partial charge in [0, 0.05) is 14.1 Å². The number of carbonyl (C=O) groups excluding carboxylic acids is 1. The van der Waals surface area contributed by atoms with Crippen molar-refractivity contribution in [3.8, 4) is 0 Å². The van der Waals surface area contributed by atoms with E-state index in [0.29, 0.717) is 0 Å². The number of nitrogens with zero attached hydrogens (tertiary/aromatic N) is 1. The van der Waals surface area contributed by atoms with Gasteiger partial charge in [-0.15, -0.1) is 0 Å². The van der Waals surface area contributed by atoms with E-state index in [9.17, 15) is 4.79 Å². The molecule has 0 spiro atoms. The van der Waals surface area contributed by atoms with E-state index in [-0.39, 0.29) is 6.47 Å². The highest BCUT2D eigenvalue weighted by atomic mass is 16.3. The van der Waals surface area contributed by atoms with Crippen molar-refractivity contribution in [2.75, 3.05) is 14.1 Å². The summed E-state index contributed by atoms with van der Waals surface area (Å²) in [7, 11) is 3.38. The number of amides is 1. The van der Waals surface area contributed by atoms with E-state index in [2.05, 4.69) is 0 Å². The number of carboxylic acid groups (broad SMARTS) is 1. The Morgan fingerprint density at radius 1 is 1.08 bits per heavy atom. The molecule has 4 heteroatoms. The SMILES string of the molecule is C1CCC1.CN(C)C=O.O=CO. The molecule has 1 aliphatic carbocycles. The van der Waals surface area contributed by atoms with E-state index in [0.717, 1.165) is 6.41 Å². The molecule has 0 unspecified atom stereocenters. The van der Waals surface area contributed by atoms with Crippen molar-refractivity contribution in [3.05, 3.63) is 0 Å². The molecule has 12 heavy (non-hydrogen) atoms. The molecule has 1 aliphatic rings. The molecule has 0 heterocycles. The second kappa shape index (κ2) is 12.6. The zero-order valence-electron chi connectivity index (χ0n) is 7.69. The lowest BCUT2D eigenvalue weighted by molar-refractivity contribution is -0.123. The zero-order chi connectivity index (χ0) is 9.82. The number of hydrogen-bond acceptors (Lipinski definition) is 2. The summed E-state index contributed by atoms with van der Waals surface area (Å²) in [5.41, 5.74) is 0. The Kier molecular flexibility index (Phi) is 14.2. The standard InChI is InChI=1S/C4H8.C3H7NO.CH2O2/c1-2-4-3-1;1-4(2)3-5;2-1-3/h1-4H2;3H,1-2H3;1H,(H,2,3).